The summed E-state index contributed by atoms with van der Waals surface area (Å²) in [4.78, 5) is 16.4. The number of carbonyl (C=O) groups is 1. The van der Waals surface area contributed by atoms with Crippen LogP contribution in [0.3, 0.4) is 0 Å². The van der Waals surface area contributed by atoms with Gasteiger partial charge < -0.3 is 0 Å². The number of amides is 1. The topological polar surface area (TPSA) is 29.5 Å². The number of halogens is 3. The van der Waals surface area contributed by atoms with Crippen LogP contribution >= 0.6 is 34.2 Å². The van der Waals surface area contributed by atoms with Gasteiger partial charge in [0.05, 0.1) is 17.7 Å². The van der Waals surface area contributed by atoms with Crippen molar-refractivity contribution in [2.45, 2.75) is 0 Å². The third-order valence-corrected chi connectivity index (χ3v) is 2.94. The summed E-state index contributed by atoms with van der Waals surface area (Å²) in [5.41, 5.74) is 0.215. The van der Waals surface area contributed by atoms with Crippen LogP contribution in [0.1, 0.15) is 10.4 Å². The maximum atomic E-state index is 13.1. The molecule has 0 aliphatic heterocycles. The Morgan fingerprint density at radius 1 is 1.60 bits per heavy atom. The van der Waals surface area contributed by atoms with E-state index in [2.05, 4.69) is 0 Å². The molecule has 0 saturated heterocycles. The number of hydroxylamine groups is 2. The van der Waals surface area contributed by atoms with E-state index in [1.807, 2.05) is 0 Å². The van der Waals surface area contributed by atoms with Crippen LogP contribution in [-0.4, -0.2) is 25.1 Å². The van der Waals surface area contributed by atoms with E-state index in [1.165, 1.54) is 20.2 Å². The minimum atomic E-state index is -0.447. The second kappa shape index (κ2) is 5.09. The summed E-state index contributed by atoms with van der Waals surface area (Å²) in [6.07, 6.45) is 0. The predicted molar refractivity (Wildman–Crippen MR) is 63.2 cm³/mol. The molecule has 0 heterocycles. The van der Waals surface area contributed by atoms with Crippen LogP contribution in [0.4, 0.5) is 4.39 Å². The van der Waals surface area contributed by atoms with Gasteiger partial charge in [0.1, 0.15) is 5.82 Å². The maximum absolute atomic E-state index is 13.1. The summed E-state index contributed by atoms with van der Waals surface area (Å²) in [6, 6.07) is 2.50. The van der Waals surface area contributed by atoms with E-state index in [9.17, 15) is 9.18 Å². The van der Waals surface area contributed by atoms with E-state index in [4.69, 9.17) is 16.4 Å². The molecule has 0 radical (unpaired) electrons. The van der Waals surface area contributed by atoms with Crippen LogP contribution in [-0.2, 0) is 4.84 Å². The SMILES string of the molecule is CON(C)C(=O)c1cc(I)c(F)cc1Cl. The Labute approximate surface area is 105 Å². The van der Waals surface area contributed by atoms with Gasteiger partial charge in [-0.05, 0) is 34.7 Å². The first-order valence-electron chi connectivity index (χ1n) is 3.94. The molecule has 3 nitrogen and oxygen atoms in total. The van der Waals surface area contributed by atoms with E-state index in [1.54, 1.807) is 22.6 Å². The molecule has 0 saturated carbocycles. The Balaban J connectivity index is 3.15. The number of nitrogens with zero attached hydrogens (tertiary/aromatic N) is 1. The summed E-state index contributed by atoms with van der Waals surface area (Å²) in [7, 11) is 2.81. The Morgan fingerprint density at radius 3 is 2.73 bits per heavy atom. The van der Waals surface area contributed by atoms with Gasteiger partial charge >= 0.3 is 0 Å². The van der Waals surface area contributed by atoms with E-state index in [0.29, 0.717) is 3.57 Å². The number of hydrogen-bond donors (Lipinski definition) is 0. The van der Waals surface area contributed by atoms with Gasteiger partial charge in [0.15, 0.2) is 0 Å². The molecule has 6 heteroatoms. The summed E-state index contributed by atoms with van der Waals surface area (Å²) in [5.74, 6) is -0.863. The molecule has 0 spiro atoms. The van der Waals surface area contributed by atoms with Crippen LogP contribution in [0, 0.1) is 9.39 Å². The molecular weight excluding hydrogens is 335 g/mol. The summed E-state index contributed by atoms with van der Waals surface area (Å²) >= 11 is 7.54. The molecule has 1 aromatic rings. The second-order valence-electron chi connectivity index (χ2n) is 2.73. The Hall–Kier alpha value is -0.400. The Bertz CT molecular complexity index is 400. The van der Waals surface area contributed by atoms with Gasteiger partial charge in [-0.25, -0.2) is 9.45 Å². The molecule has 0 fully saturated rings. The molecular formula is C9H8ClFINO2. The molecule has 0 aromatic heterocycles. The predicted octanol–water partition coefficient (Wildman–Crippen LogP) is 2.72. The lowest BCUT2D eigenvalue weighted by Crippen LogP contribution is -2.25. The van der Waals surface area contributed by atoms with E-state index >= 15 is 0 Å². The first-order valence-corrected chi connectivity index (χ1v) is 5.39. The van der Waals surface area contributed by atoms with Gasteiger partial charge in [0.2, 0.25) is 0 Å². The van der Waals surface area contributed by atoms with Crippen molar-refractivity contribution in [1.82, 2.24) is 5.06 Å². The van der Waals surface area contributed by atoms with Crippen molar-refractivity contribution in [2.24, 2.45) is 0 Å². The zero-order chi connectivity index (χ0) is 11.6. The summed E-state index contributed by atoms with van der Waals surface area (Å²) in [6.45, 7) is 0. The zero-order valence-corrected chi connectivity index (χ0v) is 11.0. The zero-order valence-electron chi connectivity index (χ0n) is 8.05. The van der Waals surface area contributed by atoms with Gasteiger partial charge in [-0.2, -0.15) is 0 Å². The first-order chi connectivity index (χ1) is 6.97. The minimum Gasteiger partial charge on any atom is -0.274 e. The third kappa shape index (κ3) is 2.79. The smallest absolute Gasteiger partial charge is 0.274 e. The molecule has 0 bridgehead atoms. The Kier molecular flexibility index (Phi) is 4.30. The second-order valence-corrected chi connectivity index (χ2v) is 4.30. The van der Waals surface area contributed by atoms with Gasteiger partial charge in [-0.1, -0.05) is 11.6 Å². The largest absolute Gasteiger partial charge is 0.278 e. The molecule has 0 atom stereocenters. The third-order valence-electron chi connectivity index (χ3n) is 1.80. The average molecular weight is 344 g/mol. The normalized spacial score (nSPS) is 10.2. The molecule has 0 aliphatic carbocycles. The lowest BCUT2D eigenvalue weighted by atomic mass is 10.2. The van der Waals surface area contributed by atoms with Crippen molar-refractivity contribution in [1.29, 1.82) is 0 Å². The van der Waals surface area contributed by atoms with Crippen LogP contribution in [0.15, 0.2) is 12.1 Å². The van der Waals surface area contributed by atoms with Crippen molar-refractivity contribution < 1.29 is 14.0 Å². The van der Waals surface area contributed by atoms with Gasteiger partial charge in [0, 0.05) is 10.6 Å². The van der Waals surface area contributed by atoms with Crippen molar-refractivity contribution in [2.75, 3.05) is 14.2 Å². The van der Waals surface area contributed by atoms with Gasteiger partial charge in [-0.3, -0.25) is 9.63 Å². The van der Waals surface area contributed by atoms with Crippen LogP contribution in [0.5, 0.6) is 0 Å². The van der Waals surface area contributed by atoms with Crippen LogP contribution in [0.2, 0.25) is 5.02 Å². The minimum absolute atomic E-state index is 0.0711. The highest BCUT2D eigenvalue weighted by atomic mass is 127. The fraction of sp³-hybridized carbons (Fsp3) is 0.222. The van der Waals surface area contributed by atoms with Crippen molar-refractivity contribution in [3.05, 3.63) is 32.1 Å². The first kappa shape index (κ1) is 12.7. The quantitative estimate of drug-likeness (QED) is 0.469. The monoisotopic (exact) mass is 343 g/mol. The van der Waals surface area contributed by atoms with Gasteiger partial charge in [-0.15, -0.1) is 0 Å². The van der Waals surface area contributed by atoms with E-state index in [0.717, 1.165) is 11.1 Å². The van der Waals surface area contributed by atoms with Crippen molar-refractivity contribution in [3.8, 4) is 0 Å². The molecule has 15 heavy (non-hydrogen) atoms. The molecule has 0 N–H and O–H groups in total. The fourth-order valence-corrected chi connectivity index (χ4v) is 1.64. The summed E-state index contributed by atoms with van der Waals surface area (Å²) < 4.78 is 13.4. The lowest BCUT2D eigenvalue weighted by Gasteiger charge is -2.14. The van der Waals surface area contributed by atoms with E-state index < -0.39 is 11.7 Å². The molecule has 1 aromatic carbocycles. The lowest BCUT2D eigenvalue weighted by molar-refractivity contribution is -0.0756. The molecule has 82 valence electrons. The van der Waals surface area contributed by atoms with E-state index in [-0.39, 0.29) is 10.6 Å². The number of carbonyl (C=O) groups excluding carboxylic acids is 1. The highest BCUT2D eigenvalue weighted by Crippen LogP contribution is 2.23. The molecule has 1 amide bonds. The molecule has 0 aliphatic rings. The molecule has 0 unspecified atom stereocenters. The fourth-order valence-electron chi connectivity index (χ4n) is 0.939. The van der Waals surface area contributed by atoms with Crippen LogP contribution in [0.25, 0.3) is 0 Å². The molecule has 1 rings (SSSR count). The Morgan fingerprint density at radius 2 is 2.20 bits per heavy atom. The number of benzene rings is 1. The van der Waals surface area contributed by atoms with Crippen molar-refractivity contribution in [3.63, 3.8) is 0 Å². The number of rotatable bonds is 2. The van der Waals surface area contributed by atoms with Gasteiger partial charge in [0.25, 0.3) is 5.91 Å². The standard InChI is InChI=1S/C9H8ClFINO2/c1-13(15-2)9(14)5-3-8(12)7(11)4-6(5)10/h3-4H,1-2H3. The highest BCUT2D eigenvalue weighted by Gasteiger charge is 2.17. The maximum Gasteiger partial charge on any atom is 0.278 e. The van der Waals surface area contributed by atoms with Crippen LogP contribution < -0.4 is 0 Å². The van der Waals surface area contributed by atoms with Crippen molar-refractivity contribution >= 4 is 40.1 Å². The average Bonchev–Trinajstić information content (AvgIpc) is 2.21. The summed E-state index contributed by atoms with van der Waals surface area (Å²) in [5, 5.41) is 1.09. The highest BCUT2D eigenvalue weighted by molar-refractivity contribution is 14.1. The number of hydrogen-bond acceptors (Lipinski definition) is 2.